The van der Waals surface area contributed by atoms with Crippen LogP contribution in [0.3, 0.4) is 0 Å². The van der Waals surface area contributed by atoms with Gasteiger partial charge in [0, 0.05) is 12.6 Å². The van der Waals surface area contributed by atoms with Crippen molar-refractivity contribution in [1.82, 2.24) is 5.32 Å². The van der Waals surface area contributed by atoms with Gasteiger partial charge in [-0.05, 0) is 43.2 Å². The molecule has 20 heavy (non-hydrogen) atoms. The maximum Gasteiger partial charge on any atom is 0.0771 e. The number of aryl methyl sites for hydroxylation is 1. The van der Waals surface area contributed by atoms with E-state index in [1.54, 1.807) is 0 Å². The Hall–Kier alpha value is -0.860. The Balaban J connectivity index is 1.54. The van der Waals surface area contributed by atoms with Crippen molar-refractivity contribution >= 4 is 0 Å². The highest BCUT2D eigenvalue weighted by Crippen LogP contribution is 2.27. The molecule has 1 aromatic rings. The number of fused-ring (bicyclic) bond motifs is 1. The second-order valence-corrected chi connectivity index (χ2v) is 6.73. The van der Waals surface area contributed by atoms with Crippen molar-refractivity contribution in [3.8, 4) is 0 Å². The van der Waals surface area contributed by atoms with E-state index in [2.05, 4.69) is 29.6 Å². The van der Waals surface area contributed by atoms with Crippen LogP contribution in [0, 0.1) is 0 Å². The molecule has 0 spiro atoms. The monoisotopic (exact) mass is 273 g/mol. The van der Waals surface area contributed by atoms with Crippen molar-refractivity contribution in [3.05, 3.63) is 35.4 Å². The highest BCUT2D eigenvalue weighted by molar-refractivity contribution is 5.30. The molecule has 1 atom stereocenters. The van der Waals surface area contributed by atoms with Gasteiger partial charge in [0.2, 0.25) is 0 Å². The molecule has 2 nitrogen and oxygen atoms in total. The molecule has 0 heterocycles. The first-order valence-electron chi connectivity index (χ1n) is 8.28. The minimum atomic E-state index is -0.451. The minimum Gasteiger partial charge on any atom is -0.389 e. The number of hydrogen-bond donors (Lipinski definition) is 2. The summed E-state index contributed by atoms with van der Waals surface area (Å²) in [5, 5.41) is 14.4. The van der Waals surface area contributed by atoms with Crippen molar-refractivity contribution in [2.75, 3.05) is 6.54 Å². The SMILES string of the molecule is OC1(CNC2CCc3ccccc3C2)CCCCCC1. The minimum absolute atomic E-state index is 0.451. The lowest BCUT2D eigenvalue weighted by molar-refractivity contribution is 0.0223. The van der Waals surface area contributed by atoms with E-state index in [0.29, 0.717) is 6.04 Å². The van der Waals surface area contributed by atoms with Gasteiger partial charge in [0.25, 0.3) is 0 Å². The van der Waals surface area contributed by atoms with Crippen LogP contribution in [0.4, 0.5) is 0 Å². The van der Waals surface area contributed by atoms with Gasteiger partial charge in [0.1, 0.15) is 0 Å². The van der Waals surface area contributed by atoms with Crippen LogP contribution in [0.25, 0.3) is 0 Å². The summed E-state index contributed by atoms with van der Waals surface area (Å²) in [7, 11) is 0. The van der Waals surface area contributed by atoms with Crippen molar-refractivity contribution in [1.29, 1.82) is 0 Å². The van der Waals surface area contributed by atoms with Gasteiger partial charge in [-0.15, -0.1) is 0 Å². The predicted molar refractivity (Wildman–Crippen MR) is 82.9 cm³/mol. The third-order valence-corrected chi connectivity index (χ3v) is 5.10. The lowest BCUT2D eigenvalue weighted by Crippen LogP contribution is -2.46. The third kappa shape index (κ3) is 3.42. The Labute approximate surface area is 122 Å². The number of aliphatic hydroxyl groups is 1. The Morgan fingerprint density at radius 3 is 2.50 bits per heavy atom. The maximum atomic E-state index is 10.7. The molecule has 0 radical (unpaired) electrons. The summed E-state index contributed by atoms with van der Waals surface area (Å²) in [4.78, 5) is 0. The van der Waals surface area contributed by atoms with Gasteiger partial charge in [0.05, 0.1) is 5.60 Å². The Morgan fingerprint density at radius 2 is 1.75 bits per heavy atom. The molecule has 0 bridgehead atoms. The van der Waals surface area contributed by atoms with E-state index in [-0.39, 0.29) is 0 Å². The maximum absolute atomic E-state index is 10.7. The number of hydrogen-bond acceptors (Lipinski definition) is 2. The summed E-state index contributed by atoms with van der Waals surface area (Å²) in [6.07, 6.45) is 10.4. The van der Waals surface area contributed by atoms with Gasteiger partial charge in [0.15, 0.2) is 0 Å². The molecule has 0 aliphatic heterocycles. The molecule has 1 saturated carbocycles. The average Bonchev–Trinajstić information content (AvgIpc) is 2.70. The summed E-state index contributed by atoms with van der Waals surface area (Å²) in [5.41, 5.74) is 2.55. The Kier molecular flexibility index (Phi) is 4.42. The highest BCUT2D eigenvalue weighted by atomic mass is 16.3. The van der Waals surface area contributed by atoms with Crippen LogP contribution in [0.15, 0.2) is 24.3 Å². The van der Waals surface area contributed by atoms with Gasteiger partial charge in [-0.2, -0.15) is 0 Å². The molecule has 0 aromatic heterocycles. The Morgan fingerprint density at radius 1 is 1.05 bits per heavy atom. The molecular weight excluding hydrogens is 246 g/mol. The van der Waals surface area contributed by atoms with E-state index in [0.717, 1.165) is 25.8 Å². The third-order valence-electron chi connectivity index (χ3n) is 5.10. The van der Waals surface area contributed by atoms with Gasteiger partial charge < -0.3 is 10.4 Å². The zero-order valence-corrected chi connectivity index (χ0v) is 12.4. The number of nitrogens with one attached hydrogen (secondary N) is 1. The number of rotatable bonds is 3. The molecule has 2 aliphatic rings. The molecule has 1 fully saturated rings. The van der Waals surface area contributed by atoms with Gasteiger partial charge in [-0.25, -0.2) is 0 Å². The van der Waals surface area contributed by atoms with Crippen molar-refractivity contribution < 1.29 is 5.11 Å². The predicted octanol–water partition coefficient (Wildman–Crippen LogP) is 3.22. The summed E-state index contributed by atoms with van der Waals surface area (Å²) in [5.74, 6) is 0. The smallest absolute Gasteiger partial charge is 0.0771 e. The molecule has 1 aromatic carbocycles. The van der Waals surface area contributed by atoms with Crippen LogP contribution < -0.4 is 5.32 Å². The van der Waals surface area contributed by atoms with E-state index >= 15 is 0 Å². The first-order valence-corrected chi connectivity index (χ1v) is 8.28. The summed E-state index contributed by atoms with van der Waals surface area (Å²) in [6, 6.07) is 9.33. The van der Waals surface area contributed by atoms with Crippen molar-refractivity contribution in [2.24, 2.45) is 0 Å². The second-order valence-electron chi connectivity index (χ2n) is 6.73. The van der Waals surface area contributed by atoms with Crippen LogP contribution in [-0.4, -0.2) is 23.3 Å². The molecule has 2 aliphatic carbocycles. The molecule has 2 N–H and O–H groups in total. The van der Waals surface area contributed by atoms with Crippen LogP contribution in [0.2, 0.25) is 0 Å². The topological polar surface area (TPSA) is 32.3 Å². The lowest BCUT2D eigenvalue weighted by atomic mass is 9.87. The molecular formula is C18H27NO. The molecule has 2 heteroatoms. The van der Waals surface area contributed by atoms with Crippen LogP contribution in [-0.2, 0) is 12.8 Å². The normalized spacial score (nSPS) is 25.8. The zero-order chi connectivity index (χ0) is 13.8. The van der Waals surface area contributed by atoms with E-state index in [9.17, 15) is 5.11 Å². The quantitative estimate of drug-likeness (QED) is 0.829. The molecule has 0 saturated heterocycles. The lowest BCUT2D eigenvalue weighted by Gasteiger charge is -2.32. The molecule has 3 rings (SSSR count). The first-order chi connectivity index (χ1) is 9.75. The van der Waals surface area contributed by atoms with Gasteiger partial charge in [-0.1, -0.05) is 49.9 Å². The van der Waals surface area contributed by atoms with E-state index in [1.165, 1.54) is 49.7 Å². The van der Waals surface area contributed by atoms with E-state index in [4.69, 9.17) is 0 Å². The second kappa shape index (κ2) is 6.28. The zero-order valence-electron chi connectivity index (χ0n) is 12.4. The van der Waals surface area contributed by atoms with Crippen molar-refractivity contribution in [2.45, 2.75) is 69.4 Å². The van der Waals surface area contributed by atoms with E-state index in [1.807, 2.05) is 0 Å². The summed E-state index contributed by atoms with van der Waals surface area (Å²) in [6.45, 7) is 0.778. The highest BCUT2D eigenvalue weighted by Gasteiger charge is 2.29. The molecule has 1 unspecified atom stereocenters. The summed E-state index contributed by atoms with van der Waals surface area (Å²) < 4.78 is 0. The van der Waals surface area contributed by atoms with Gasteiger partial charge in [-0.3, -0.25) is 0 Å². The fraction of sp³-hybridized carbons (Fsp3) is 0.667. The van der Waals surface area contributed by atoms with E-state index < -0.39 is 5.60 Å². The average molecular weight is 273 g/mol. The fourth-order valence-corrected chi connectivity index (χ4v) is 3.77. The standard InChI is InChI=1S/C18H27NO/c20-18(11-5-1-2-6-12-18)14-19-17-10-9-15-7-3-4-8-16(15)13-17/h3-4,7-8,17,19-20H,1-2,5-6,9-14H2. The van der Waals surface area contributed by atoms with Gasteiger partial charge >= 0.3 is 0 Å². The van der Waals surface area contributed by atoms with Crippen LogP contribution in [0.5, 0.6) is 0 Å². The Bertz CT molecular complexity index is 435. The summed E-state index contributed by atoms with van der Waals surface area (Å²) >= 11 is 0. The molecule has 110 valence electrons. The first kappa shape index (κ1) is 14.1. The number of benzene rings is 1. The fourth-order valence-electron chi connectivity index (χ4n) is 3.77. The molecule has 0 amide bonds. The largest absolute Gasteiger partial charge is 0.389 e. The van der Waals surface area contributed by atoms with Crippen LogP contribution in [0.1, 0.15) is 56.1 Å². The van der Waals surface area contributed by atoms with Crippen LogP contribution >= 0.6 is 0 Å². The van der Waals surface area contributed by atoms with Crippen molar-refractivity contribution in [3.63, 3.8) is 0 Å².